The number of hydrogen-bond donors (Lipinski definition) is 0. The van der Waals surface area contributed by atoms with Crippen LogP contribution in [0.1, 0.15) is 6.04 Å². The van der Waals surface area contributed by atoms with E-state index in [0.717, 1.165) is 6.54 Å². The number of nitrogens with zero attached hydrogens (tertiary/aromatic N) is 3. The fraction of sp³-hybridized carbons (Fsp3) is 0.625. The van der Waals surface area contributed by atoms with Gasteiger partial charge in [-0.15, -0.1) is 0 Å². The lowest BCUT2D eigenvalue weighted by Crippen LogP contribution is -2.19. The maximum atomic E-state index is 13.3. The van der Waals surface area contributed by atoms with E-state index in [9.17, 15) is 4.39 Å². The Morgan fingerprint density at radius 1 is 1.50 bits per heavy atom. The number of aromatic nitrogens is 2. The van der Waals surface area contributed by atoms with Crippen LogP contribution in [0.2, 0.25) is 0 Å². The smallest absolute Gasteiger partial charge is 0.136 e. The summed E-state index contributed by atoms with van der Waals surface area (Å²) in [6, 6.07) is 1.73. The Morgan fingerprint density at radius 3 is 2.83 bits per heavy atom. The second-order valence-corrected chi connectivity index (χ2v) is 3.29. The maximum Gasteiger partial charge on any atom is 0.136 e. The number of rotatable bonds is 1. The van der Waals surface area contributed by atoms with Crippen LogP contribution in [-0.4, -0.2) is 41.0 Å². The zero-order valence-electron chi connectivity index (χ0n) is 7.02. The molecule has 1 aromatic heterocycles. The Labute approximate surface area is 70.8 Å². The van der Waals surface area contributed by atoms with Crippen molar-refractivity contribution in [3.63, 3.8) is 0 Å². The molecule has 0 N–H and O–H groups in total. The molecule has 1 fully saturated rings. The topological polar surface area (TPSA) is 21.1 Å². The Morgan fingerprint density at radius 2 is 2.33 bits per heavy atom. The Hall–Kier alpha value is -0.900. The second kappa shape index (κ2) is 2.86. The number of halogens is 1. The fourth-order valence-corrected chi connectivity index (χ4v) is 1.65. The maximum absolute atomic E-state index is 13.3. The molecule has 0 radical (unpaired) electrons. The van der Waals surface area contributed by atoms with Gasteiger partial charge in [0, 0.05) is 25.5 Å². The summed E-state index contributed by atoms with van der Waals surface area (Å²) in [6.45, 7) is 1.27. The van der Waals surface area contributed by atoms with Gasteiger partial charge in [0.25, 0.3) is 0 Å². The molecule has 1 aliphatic rings. The van der Waals surface area contributed by atoms with Crippen LogP contribution < -0.4 is 0 Å². The largest absolute Gasteiger partial charge is 0.301 e. The van der Waals surface area contributed by atoms with E-state index in [4.69, 9.17) is 0 Å². The van der Waals surface area contributed by atoms with Crippen molar-refractivity contribution < 1.29 is 4.39 Å². The number of likely N-dealkylation sites (tertiary alicyclic amines) is 1. The predicted molar refractivity (Wildman–Crippen MR) is 43.7 cm³/mol. The van der Waals surface area contributed by atoms with Gasteiger partial charge >= 0.3 is 0 Å². The number of alkyl halides is 1. The molecule has 2 atom stereocenters. The van der Waals surface area contributed by atoms with Gasteiger partial charge in [-0.2, -0.15) is 5.10 Å². The molecule has 1 saturated heterocycles. The fourth-order valence-electron chi connectivity index (χ4n) is 1.65. The van der Waals surface area contributed by atoms with E-state index >= 15 is 0 Å². The third-order valence-electron chi connectivity index (χ3n) is 2.27. The summed E-state index contributed by atoms with van der Waals surface area (Å²) < 4.78 is 15.0. The summed E-state index contributed by atoms with van der Waals surface area (Å²) in [5.41, 5.74) is 0. The van der Waals surface area contributed by atoms with Gasteiger partial charge in [-0.25, -0.2) is 4.39 Å². The first-order valence-electron chi connectivity index (χ1n) is 4.09. The summed E-state index contributed by atoms with van der Waals surface area (Å²) in [5, 5.41) is 4.03. The van der Waals surface area contributed by atoms with Gasteiger partial charge < -0.3 is 4.90 Å². The van der Waals surface area contributed by atoms with Crippen molar-refractivity contribution in [1.29, 1.82) is 0 Å². The molecule has 0 amide bonds. The molecule has 66 valence electrons. The number of hydrogen-bond acceptors (Lipinski definition) is 2. The van der Waals surface area contributed by atoms with Crippen LogP contribution in [0.25, 0.3) is 0 Å². The van der Waals surface area contributed by atoms with Gasteiger partial charge in [0.1, 0.15) is 6.17 Å². The Balaban J connectivity index is 2.15. The Bertz CT molecular complexity index is 247. The normalized spacial score (nSPS) is 31.2. The van der Waals surface area contributed by atoms with Gasteiger partial charge in [-0.1, -0.05) is 0 Å². The third kappa shape index (κ3) is 1.22. The summed E-state index contributed by atoms with van der Waals surface area (Å²) in [4.78, 5) is 1.98. The second-order valence-electron chi connectivity index (χ2n) is 3.29. The van der Waals surface area contributed by atoms with E-state index in [1.54, 1.807) is 10.9 Å². The lowest BCUT2D eigenvalue weighted by Gasteiger charge is -2.11. The van der Waals surface area contributed by atoms with Crippen LogP contribution in [0, 0.1) is 0 Å². The van der Waals surface area contributed by atoms with Crippen molar-refractivity contribution in [2.75, 3.05) is 20.1 Å². The summed E-state index contributed by atoms with van der Waals surface area (Å²) in [6.07, 6.45) is 2.72. The van der Waals surface area contributed by atoms with Crippen molar-refractivity contribution in [2.24, 2.45) is 0 Å². The van der Waals surface area contributed by atoms with Gasteiger partial charge in [0.05, 0.1) is 6.04 Å². The summed E-state index contributed by atoms with van der Waals surface area (Å²) >= 11 is 0. The highest BCUT2D eigenvalue weighted by Gasteiger charge is 2.32. The molecule has 2 unspecified atom stereocenters. The first-order valence-corrected chi connectivity index (χ1v) is 4.09. The average Bonchev–Trinajstić information content (AvgIpc) is 2.58. The van der Waals surface area contributed by atoms with Crippen molar-refractivity contribution in [2.45, 2.75) is 12.2 Å². The van der Waals surface area contributed by atoms with Crippen LogP contribution in [-0.2, 0) is 0 Å². The molecule has 1 aliphatic heterocycles. The highest BCUT2D eigenvalue weighted by Crippen LogP contribution is 2.22. The molecule has 0 spiro atoms. The van der Waals surface area contributed by atoms with Crippen molar-refractivity contribution >= 4 is 0 Å². The summed E-state index contributed by atoms with van der Waals surface area (Å²) in [7, 11) is 1.93. The Kier molecular flexibility index (Phi) is 1.84. The van der Waals surface area contributed by atoms with Crippen molar-refractivity contribution in [3.05, 3.63) is 18.5 Å². The standard InChI is InChI=1S/C8H12FN3/c1-11-5-7(9)8(6-11)12-4-2-3-10-12/h2-4,7-8H,5-6H2,1H3. The molecule has 12 heavy (non-hydrogen) atoms. The minimum atomic E-state index is -0.783. The average molecular weight is 169 g/mol. The molecule has 3 nitrogen and oxygen atoms in total. The first kappa shape index (κ1) is 7.73. The molecule has 2 heterocycles. The van der Waals surface area contributed by atoms with Gasteiger partial charge in [0.2, 0.25) is 0 Å². The lowest BCUT2D eigenvalue weighted by molar-refractivity contribution is 0.267. The van der Waals surface area contributed by atoms with E-state index in [-0.39, 0.29) is 6.04 Å². The van der Waals surface area contributed by atoms with Crippen molar-refractivity contribution in [1.82, 2.24) is 14.7 Å². The molecule has 2 rings (SSSR count). The zero-order chi connectivity index (χ0) is 8.55. The van der Waals surface area contributed by atoms with Gasteiger partial charge in [0.15, 0.2) is 0 Å². The number of likely N-dealkylation sites (N-methyl/N-ethyl adjacent to an activating group) is 1. The molecule has 0 bridgehead atoms. The molecule has 0 aliphatic carbocycles. The van der Waals surface area contributed by atoms with E-state index in [1.165, 1.54) is 0 Å². The van der Waals surface area contributed by atoms with Crippen LogP contribution in [0.5, 0.6) is 0 Å². The molecule has 4 heteroatoms. The third-order valence-corrected chi connectivity index (χ3v) is 2.27. The lowest BCUT2D eigenvalue weighted by atomic mass is 10.2. The van der Waals surface area contributed by atoms with Crippen LogP contribution in [0.3, 0.4) is 0 Å². The molecular weight excluding hydrogens is 157 g/mol. The van der Waals surface area contributed by atoms with E-state index in [1.807, 2.05) is 24.2 Å². The molecular formula is C8H12FN3. The SMILES string of the molecule is CN1CC(F)C(n2cccn2)C1. The van der Waals surface area contributed by atoms with Crippen LogP contribution >= 0.6 is 0 Å². The van der Waals surface area contributed by atoms with E-state index in [0.29, 0.717) is 6.54 Å². The molecule has 0 saturated carbocycles. The van der Waals surface area contributed by atoms with Crippen molar-refractivity contribution in [3.8, 4) is 0 Å². The molecule has 1 aromatic rings. The van der Waals surface area contributed by atoms with Crippen LogP contribution in [0.4, 0.5) is 4.39 Å². The van der Waals surface area contributed by atoms with E-state index < -0.39 is 6.17 Å². The summed E-state index contributed by atoms with van der Waals surface area (Å²) in [5.74, 6) is 0. The quantitative estimate of drug-likeness (QED) is 0.617. The van der Waals surface area contributed by atoms with E-state index in [2.05, 4.69) is 5.10 Å². The minimum Gasteiger partial charge on any atom is -0.301 e. The highest BCUT2D eigenvalue weighted by molar-refractivity contribution is 4.90. The van der Waals surface area contributed by atoms with Gasteiger partial charge in [-0.05, 0) is 13.1 Å². The minimum absolute atomic E-state index is 0.0926. The van der Waals surface area contributed by atoms with Crippen LogP contribution in [0.15, 0.2) is 18.5 Å². The van der Waals surface area contributed by atoms with Gasteiger partial charge in [-0.3, -0.25) is 4.68 Å². The predicted octanol–water partition coefficient (Wildman–Crippen LogP) is 0.708. The molecule has 0 aromatic carbocycles. The monoisotopic (exact) mass is 169 g/mol. The first-order chi connectivity index (χ1) is 5.77. The highest BCUT2D eigenvalue weighted by atomic mass is 19.1. The zero-order valence-corrected chi connectivity index (χ0v) is 7.02.